The maximum Gasteiger partial charge on any atom is 0.338 e. The summed E-state index contributed by atoms with van der Waals surface area (Å²) in [6, 6.07) is 29.3. The largest absolute Gasteiger partial charge is 0.492 e. The Morgan fingerprint density at radius 1 is 0.721 bits per heavy atom. The molecule has 0 saturated carbocycles. The van der Waals surface area contributed by atoms with E-state index in [9.17, 15) is 19.2 Å². The van der Waals surface area contributed by atoms with Gasteiger partial charge in [0.25, 0.3) is 5.91 Å². The maximum atomic E-state index is 13.9. The lowest BCUT2D eigenvalue weighted by molar-refractivity contribution is -0.122. The minimum atomic E-state index is -0.698. The quantitative estimate of drug-likeness (QED) is 0.239. The molecule has 214 valence electrons. The highest BCUT2D eigenvalue weighted by Gasteiger charge is 2.61. The van der Waals surface area contributed by atoms with Crippen LogP contribution in [0.2, 0.25) is 0 Å². The molecule has 0 aromatic heterocycles. The molecule has 2 bridgehead atoms. The molecule has 0 spiro atoms. The monoisotopic (exact) mass is 572 g/mol. The fraction of sp³-hybridized carbons (Fsp3) is 0.200. The molecule has 43 heavy (non-hydrogen) atoms. The molecule has 8 nitrogen and oxygen atoms in total. The first-order valence-corrected chi connectivity index (χ1v) is 14.3. The first-order valence-electron chi connectivity index (χ1n) is 14.3. The van der Waals surface area contributed by atoms with Gasteiger partial charge in [-0.3, -0.25) is 14.4 Å². The molecule has 1 aliphatic heterocycles. The van der Waals surface area contributed by atoms with Crippen LogP contribution in [0.15, 0.2) is 97.1 Å². The van der Waals surface area contributed by atoms with Crippen molar-refractivity contribution in [1.29, 1.82) is 0 Å². The average Bonchev–Trinajstić information content (AvgIpc) is 3.31. The Morgan fingerprint density at radius 3 is 1.77 bits per heavy atom. The number of benzene rings is 4. The standard InChI is InChI=1S/C35H28N2O6/c1-2-42-27-14-8-7-13-26(27)36-28(38)19-43-35(41)20-15-17-21(18-16-20)37-33(39)31-29-22-9-3-4-10-23(22)30(32(31)34(37)40)25-12-6-5-11-24(25)29/h3-18,29-32H,2,19H2,1H3,(H,36,38)/t29?,30?,31-,32-/m1/s1. The normalized spacial score (nSPS) is 21.1. The second kappa shape index (κ2) is 10.5. The van der Waals surface area contributed by atoms with Crippen LogP contribution < -0.4 is 15.0 Å². The van der Waals surface area contributed by atoms with Crippen molar-refractivity contribution in [3.8, 4) is 5.75 Å². The second-order valence-electron chi connectivity index (χ2n) is 10.9. The zero-order valence-corrected chi connectivity index (χ0v) is 23.4. The highest BCUT2D eigenvalue weighted by molar-refractivity contribution is 6.23. The Hall–Kier alpha value is -5.24. The van der Waals surface area contributed by atoms with Crippen LogP contribution in [0.5, 0.6) is 5.75 Å². The summed E-state index contributed by atoms with van der Waals surface area (Å²) in [5, 5.41) is 2.69. The number of rotatable bonds is 7. The molecule has 4 aliphatic rings. The number of amides is 3. The maximum absolute atomic E-state index is 13.9. The number of ether oxygens (including phenoxy) is 2. The van der Waals surface area contributed by atoms with Crippen LogP contribution in [0.1, 0.15) is 51.4 Å². The molecule has 2 atom stereocenters. The number of nitrogens with zero attached hydrogens (tertiary/aromatic N) is 1. The summed E-state index contributed by atoms with van der Waals surface area (Å²) in [6.45, 7) is 1.80. The van der Waals surface area contributed by atoms with E-state index in [0.717, 1.165) is 22.3 Å². The minimum Gasteiger partial charge on any atom is -0.492 e. The summed E-state index contributed by atoms with van der Waals surface area (Å²) in [7, 11) is 0. The van der Waals surface area contributed by atoms with Crippen molar-refractivity contribution >= 4 is 35.1 Å². The van der Waals surface area contributed by atoms with Gasteiger partial charge in [0.2, 0.25) is 11.8 Å². The van der Waals surface area contributed by atoms with Gasteiger partial charge in [0.15, 0.2) is 6.61 Å². The lowest BCUT2D eigenvalue weighted by atomic mass is 9.55. The van der Waals surface area contributed by atoms with Gasteiger partial charge in [0.1, 0.15) is 5.75 Å². The predicted molar refractivity (Wildman–Crippen MR) is 159 cm³/mol. The van der Waals surface area contributed by atoms with E-state index in [1.165, 1.54) is 17.0 Å². The van der Waals surface area contributed by atoms with Crippen molar-refractivity contribution in [2.45, 2.75) is 18.8 Å². The highest BCUT2D eigenvalue weighted by atomic mass is 16.5. The summed E-state index contributed by atoms with van der Waals surface area (Å²) in [6.07, 6.45) is 0. The number of imide groups is 1. The fourth-order valence-corrected chi connectivity index (χ4v) is 6.93. The van der Waals surface area contributed by atoms with Crippen LogP contribution in [-0.4, -0.2) is 36.9 Å². The van der Waals surface area contributed by atoms with Gasteiger partial charge in [0.05, 0.1) is 35.4 Å². The number of esters is 1. The number of hydrogen-bond acceptors (Lipinski definition) is 6. The molecule has 4 aromatic rings. The average molecular weight is 573 g/mol. The smallest absolute Gasteiger partial charge is 0.338 e. The highest BCUT2D eigenvalue weighted by Crippen LogP contribution is 2.61. The third kappa shape index (κ3) is 4.29. The molecule has 1 saturated heterocycles. The molecule has 1 heterocycles. The van der Waals surface area contributed by atoms with Crippen LogP contribution in [0, 0.1) is 11.8 Å². The van der Waals surface area contributed by atoms with Crippen LogP contribution >= 0.6 is 0 Å². The van der Waals surface area contributed by atoms with Gasteiger partial charge in [-0.05, 0) is 65.6 Å². The van der Waals surface area contributed by atoms with E-state index in [1.54, 1.807) is 36.4 Å². The molecular formula is C35H28N2O6. The molecule has 0 radical (unpaired) electrons. The van der Waals surface area contributed by atoms with Gasteiger partial charge in [0, 0.05) is 11.8 Å². The Kier molecular flexibility index (Phi) is 6.54. The number of nitrogens with one attached hydrogen (secondary N) is 1. The Morgan fingerprint density at radius 2 is 1.23 bits per heavy atom. The summed E-state index contributed by atoms with van der Waals surface area (Å²) in [4.78, 5) is 54.3. The van der Waals surface area contributed by atoms with Gasteiger partial charge in [-0.2, -0.15) is 0 Å². The molecule has 3 aliphatic carbocycles. The van der Waals surface area contributed by atoms with E-state index in [-0.39, 0.29) is 29.2 Å². The van der Waals surface area contributed by atoms with Gasteiger partial charge < -0.3 is 14.8 Å². The summed E-state index contributed by atoms with van der Waals surface area (Å²) >= 11 is 0. The van der Waals surface area contributed by atoms with Crippen LogP contribution in [0.4, 0.5) is 11.4 Å². The van der Waals surface area contributed by atoms with E-state index < -0.39 is 30.3 Å². The van der Waals surface area contributed by atoms with Gasteiger partial charge in [-0.1, -0.05) is 60.7 Å². The lowest BCUT2D eigenvalue weighted by Gasteiger charge is -2.45. The van der Waals surface area contributed by atoms with Crippen molar-refractivity contribution in [3.05, 3.63) is 125 Å². The van der Waals surface area contributed by atoms with Gasteiger partial charge in [-0.25, -0.2) is 9.69 Å². The molecule has 8 rings (SSSR count). The summed E-state index contributed by atoms with van der Waals surface area (Å²) in [5.74, 6) is -2.50. The number of anilines is 2. The predicted octanol–water partition coefficient (Wildman–Crippen LogP) is 5.28. The third-order valence-corrected chi connectivity index (χ3v) is 8.61. The van der Waals surface area contributed by atoms with Crippen molar-refractivity contribution < 1.29 is 28.7 Å². The lowest BCUT2D eigenvalue weighted by Crippen LogP contribution is -2.41. The van der Waals surface area contributed by atoms with Gasteiger partial charge >= 0.3 is 5.97 Å². The van der Waals surface area contributed by atoms with Crippen molar-refractivity contribution in [2.24, 2.45) is 11.8 Å². The zero-order chi connectivity index (χ0) is 29.7. The van der Waals surface area contributed by atoms with E-state index in [0.29, 0.717) is 23.7 Å². The molecule has 1 N–H and O–H groups in total. The second-order valence-corrected chi connectivity index (χ2v) is 10.9. The summed E-state index contributed by atoms with van der Waals surface area (Å²) < 4.78 is 10.7. The minimum absolute atomic E-state index is 0.190. The topological polar surface area (TPSA) is 102 Å². The molecule has 4 aromatic carbocycles. The molecule has 3 amide bonds. The van der Waals surface area contributed by atoms with E-state index >= 15 is 0 Å². The summed E-state index contributed by atoms with van der Waals surface area (Å²) in [5.41, 5.74) is 5.52. The number of hydrogen-bond donors (Lipinski definition) is 1. The Bertz CT molecular complexity index is 1670. The van der Waals surface area contributed by atoms with Crippen molar-refractivity contribution in [3.63, 3.8) is 0 Å². The van der Waals surface area contributed by atoms with E-state index in [2.05, 4.69) is 29.6 Å². The number of carbonyl (C=O) groups excluding carboxylic acids is 4. The van der Waals surface area contributed by atoms with Gasteiger partial charge in [-0.15, -0.1) is 0 Å². The van der Waals surface area contributed by atoms with Crippen molar-refractivity contribution in [2.75, 3.05) is 23.4 Å². The SMILES string of the molecule is CCOc1ccccc1NC(=O)COC(=O)c1ccc(N2C(=O)[C@@H]3C4c5ccccc5C(c5ccccc54)[C@H]3C2=O)cc1. The number of carbonyl (C=O) groups is 4. The van der Waals surface area contributed by atoms with Crippen LogP contribution in [0.25, 0.3) is 0 Å². The first kappa shape index (κ1) is 26.6. The fourth-order valence-electron chi connectivity index (χ4n) is 6.93. The molecule has 1 fully saturated rings. The molecule has 0 unspecified atom stereocenters. The van der Waals surface area contributed by atoms with Crippen molar-refractivity contribution in [1.82, 2.24) is 0 Å². The number of para-hydroxylation sites is 2. The third-order valence-electron chi connectivity index (χ3n) is 8.61. The Balaban J connectivity index is 1.07. The first-order chi connectivity index (χ1) is 21.0. The van der Waals surface area contributed by atoms with E-state index in [4.69, 9.17) is 9.47 Å². The van der Waals surface area contributed by atoms with Crippen LogP contribution in [0.3, 0.4) is 0 Å². The zero-order valence-electron chi connectivity index (χ0n) is 23.4. The van der Waals surface area contributed by atoms with E-state index in [1.807, 2.05) is 31.2 Å². The molecular weight excluding hydrogens is 544 g/mol. The van der Waals surface area contributed by atoms with Crippen LogP contribution in [-0.2, 0) is 19.1 Å². The Labute approximate surface area is 248 Å². The molecule has 8 heteroatoms.